The van der Waals surface area contributed by atoms with Gasteiger partial charge in [-0.05, 0) is 30.3 Å². The van der Waals surface area contributed by atoms with E-state index in [1.165, 1.54) is 0 Å². The summed E-state index contributed by atoms with van der Waals surface area (Å²) in [5.74, 6) is 0.741. The molecule has 5 nitrogen and oxygen atoms in total. The SMILES string of the molecule is CNC(c1ccnnc1)c1cncc(OC)c1. The quantitative estimate of drug-likeness (QED) is 0.855. The minimum absolute atomic E-state index is 0.0353. The molecule has 0 spiro atoms. The molecular weight excluding hydrogens is 216 g/mol. The molecule has 0 aromatic carbocycles. The number of hydrogen-bond acceptors (Lipinski definition) is 5. The average molecular weight is 230 g/mol. The van der Waals surface area contributed by atoms with Crippen molar-refractivity contribution in [2.24, 2.45) is 0 Å². The fraction of sp³-hybridized carbons (Fsp3) is 0.250. The first-order valence-corrected chi connectivity index (χ1v) is 5.28. The van der Waals surface area contributed by atoms with Gasteiger partial charge in [-0.3, -0.25) is 4.98 Å². The molecule has 2 heterocycles. The minimum atomic E-state index is 0.0353. The molecule has 0 aliphatic carbocycles. The molecule has 88 valence electrons. The van der Waals surface area contributed by atoms with Gasteiger partial charge in [-0.1, -0.05) is 0 Å². The van der Waals surface area contributed by atoms with E-state index in [0.717, 1.165) is 16.9 Å². The van der Waals surface area contributed by atoms with Crippen LogP contribution in [0.4, 0.5) is 0 Å². The lowest BCUT2D eigenvalue weighted by Gasteiger charge is -2.16. The average Bonchev–Trinajstić information content (AvgIpc) is 2.41. The Morgan fingerprint density at radius 2 is 2.06 bits per heavy atom. The first kappa shape index (κ1) is 11.5. The summed E-state index contributed by atoms with van der Waals surface area (Å²) in [5.41, 5.74) is 2.07. The smallest absolute Gasteiger partial charge is 0.137 e. The molecule has 0 saturated heterocycles. The Hall–Kier alpha value is -2.01. The van der Waals surface area contributed by atoms with Crippen molar-refractivity contribution in [3.8, 4) is 5.75 Å². The second kappa shape index (κ2) is 5.36. The molecule has 2 rings (SSSR count). The second-order valence-corrected chi connectivity index (χ2v) is 3.56. The molecule has 0 fully saturated rings. The third-order valence-electron chi connectivity index (χ3n) is 2.53. The van der Waals surface area contributed by atoms with Crippen LogP contribution in [0.1, 0.15) is 17.2 Å². The standard InChI is InChI=1S/C12H14N4O/c1-13-12(9-3-4-15-16-7-9)10-5-11(17-2)8-14-6-10/h3-8,12-13H,1-2H3. The maximum Gasteiger partial charge on any atom is 0.137 e. The molecule has 5 heteroatoms. The van der Waals surface area contributed by atoms with Crippen molar-refractivity contribution in [1.82, 2.24) is 20.5 Å². The van der Waals surface area contributed by atoms with E-state index in [2.05, 4.69) is 20.5 Å². The van der Waals surface area contributed by atoms with Crippen molar-refractivity contribution in [2.45, 2.75) is 6.04 Å². The summed E-state index contributed by atoms with van der Waals surface area (Å²) in [6, 6.07) is 3.91. The van der Waals surface area contributed by atoms with Crippen LogP contribution in [0.2, 0.25) is 0 Å². The maximum atomic E-state index is 5.17. The highest BCUT2D eigenvalue weighted by Crippen LogP contribution is 2.22. The van der Waals surface area contributed by atoms with Crippen LogP contribution < -0.4 is 10.1 Å². The zero-order valence-electron chi connectivity index (χ0n) is 9.79. The van der Waals surface area contributed by atoms with Gasteiger partial charge in [0.05, 0.1) is 25.5 Å². The fourth-order valence-corrected chi connectivity index (χ4v) is 1.70. The van der Waals surface area contributed by atoms with Crippen molar-refractivity contribution in [3.63, 3.8) is 0 Å². The molecule has 0 amide bonds. The topological polar surface area (TPSA) is 59.9 Å². The van der Waals surface area contributed by atoms with Crippen molar-refractivity contribution in [3.05, 3.63) is 48.0 Å². The van der Waals surface area contributed by atoms with Gasteiger partial charge in [0.15, 0.2) is 0 Å². The highest BCUT2D eigenvalue weighted by Gasteiger charge is 2.13. The van der Waals surface area contributed by atoms with E-state index in [1.54, 1.807) is 25.7 Å². The number of rotatable bonds is 4. The van der Waals surface area contributed by atoms with E-state index < -0.39 is 0 Å². The van der Waals surface area contributed by atoms with Gasteiger partial charge in [0.25, 0.3) is 0 Å². The summed E-state index contributed by atoms with van der Waals surface area (Å²) in [7, 11) is 3.52. The van der Waals surface area contributed by atoms with Crippen LogP contribution in [0.5, 0.6) is 5.75 Å². The largest absolute Gasteiger partial charge is 0.495 e. The summed E-state index contributed by atoms with van der Waals surface area (Å²) in [6.45, 7) is 0. The number of nitrogens with one attached hydrogen (secondary N) is 1. The first-order valence-electron chi connectivity index (χ1n) is 5.28. The molecule has 1 atom stereocenters. The van der Waals surface area contributed by atoms with Gasteiger partial charge in [0, 0.05) is 12.4 Å². The zero-order valence-corrected chi connectivity index (χ0v) is 9.79. The Bertz CT molecular complexity index is 475. The molecule has 1 unspecified atom stereocenters. The van der Waals surface area contributed by atoms with E-state index >= 15 is 0 Å². The van der Waals surface area contributed by atoms with Gasteiger partial charge < -0.3 is 10.1 Å². The first-order chi connectivity index (χ1) is 8.35. The lowest BCUT2D eigenvalue weighted by Crippen LogP contribution is -2.18. The van der Waals surface area contributed by atoms with Crippen LogP contribution in [0, 0.1) is 0 Å². The van der Waals surface area contributed by atoms with Crippen molar-refractivity contribution in [2.75, 3.05) is 14.2 Å². The number of methoxy groups -OCH3 is 1. The van der Waals surface area contributed by atoms with Crippen molar-refractivity contribution < 1.29 is 4.74 Å². The molecule has 0 bridgehead atoms. The molecule has 17 heavy (non-hydrogen) atoms. The zero-order chi connectivity index (χ0) is 12.1. The van der Waals surface area contributed by atoms with Gasteiger partial charge in [0.1, 0.15) is 5.75 Å². The van der Waals surface area contributed by atoms with E-state index in [4.69, 9.17) is 4.74 Å². The minimum Gasteiger partial charge on any atom is -0.495 e. The van der Waals surface area contributed by atoms with Crippen LogP contribution in [0.15, 0.2) is 36.9 Å². The van der Waals surface area contributed by atoms with Crippen LogP contribution in [0.3, 0.4) is 0 Å². The molecule has 1 N–H and O–H groups in total. The van der Waals surface area contributed by atoms with Crippen LogP contribution in [0.25, 0.3) is 0 Å². The highest BCUT2D eigenvalue weighted by atomic mass is 16.5. The molecule has 2 aromatic rings. The third-order valence-corrected chi connectivity index (χ3v) is 2.53. The predicted octanol–water partition coefficient (Wildman–Crippen LogP) is 1.19. The number of pyridine rings is 1. The van der Waals surface area contributed by atoms with Gasteiger partial charge in [0.2, 0.25) is 0 Å². The Morgan fingerprint density at radius 1 is 1.18 bits per heavy atom. The summed E-state index contributed by atoms with van der Waals surface area (Å²) in [4.78, 5) is 4.15. The summed E-state index contributed by atoms with van der Waals surface area (Å²) < 4.78 is 5.17. The Labute approximate surface area is 99.9 Å². The molecule has 2 aromatic heterocycles. The van der Waals surface area contributed by atoms with E-state index in [9.17, 15) is 0 Å². The molecular formula is C12H14N4O. The van der Waals surface area contributed by atoms with Crippen LogP contribution in [-0.4, -0.2) is 29.3 Å². The van der Waals surface area contributed by atoms with E-state index in [-0.39, 0.29) is 6.04 Å². The number of nitrogens with zero attached hydrogens (tertiary/aromatic N) is 3. The highest BCUT2D eigenvalue weighted by molar-refractivity contribution is 5.32. The predicted molar refractivity (Wildman–Crippen MR) is 63.7 cm³/mol. The monoisotopic (exact) mass is 230 g/mol. The number of ether oxygens (including phenoxy) is 1. The Balaban J connectivity index is 2.35. The van der Waals surface area contributed by atoms with Crippen molar-refractivity contribution >= 4 is 0 Å². The lowest BCUT2D eigenvalue weighted by atomic mass is 10.0. The van der Waals surface area contributed by atoms with Gasteiger partial charge in [-0.2, -0.15) is 10.2 Å². The Kier molecular flexibility index (Phi) is 3.62. The van der Waals surface area contributed by atoms with Crippen molar-refractivity contribution in [1.29, 1.82) is 0 Å². The molecule has 0 aliphatic heterocycles. The normalized spacial score (nSPS) is 12.1. The van der Waals surface area contributed by atoms with E-state index in [1.807, 2.05) is 25.4 Å². The van der Waals surface area contributed by atoms with Gasteiger partial charge >= 0.3 is 0 Å². The maximum absolute atomic E-state index is 5.17. The summed E-state index contributed by atoms with van der Waals surface area (Å²) >= 11 is 0. The van der Waals surface area contributed by atoms with Crippen LogP contribution in [-0.2, 0) is 0 Å². The van der Waals surface area contributed by atoms with Crippen LogP contribution >= 0.6 is 0 Å². The lowest BCUT2D eigenvalue weighted by molar-refractivity contribution is 0.411. The fourth-order valence-electron chi connectivity index (χ4n) is 1.70. The molecule has 0 radical (unpaired) electrons. The Morgan fingerprint density at radius 3 is 2.71 bits per heavy atom. The third kappa shape index (κ3) is 2.57. The molecule has 0 aliphatic rings. The number of hydrogen-bond donors (Lipinski definition) is 1. The second-order valence-electron chi connectivity index (χ2n) is 3.56. The molecule has 0 saturated carbocycles. The van der Waals surface area contributed by atoms with Gasteiger partial charge in [-0.15, -0.1) is 0 Å². The summed E-state index contributed by atoms with van der Waals surface area (Å²) in [6.07, 6.45) is 6.90. The number of aromatic nitrogens is 3. The van der Waals surface area contributed by atoms with E-state index in [0.29, 0.717) is 0 Å². The van der Waals surface area contributed by atoms with Gasteiger partial charge in [-0.25, -0.2) is 0 Å². The summed E-state index contributed by atoms with van der Waals surface area (Å²) in [5, 5.41) is 10.9.